The van der Waals surface area contributed by atoms with Gasteiger partial charge < -0.3 is 14.3 Å². The summed E-state index contributed by atoms with van der Waals surface area (Å²) in [5.41, 5.74) is -0.782. The lowest BCUT2D eigenvalue weighted by atomic mass is 10.3. The van der Waals surface area contributed by atoms with E-state index in [-0.39, 0.29) is 12.6 Å². The minimum atomic E-state index is -0.782. The van der Waals surface area contributed by atoms with Gasteiger partial charge in [-0.25, -0.2) is 4.79 Å². The molecule has 0 radical (unpaired) electrons. The molecule has 0 unspecified atom stereocenters. The van der Waals surface area contributed by atoms with E-state index in [0.29, 0.717) is 19.1 Å². The van der Waals surface area contributed by atoms with Gasteiger partial charge in [-0.2, -0.15) is 0 Å². The molecular formula is C7H10O4. The number of methoxy groups -OCH3 is 1. The maximum atomic E-state index is 10.9. The first-order chi connectivity index (χ1) is 5.25. The number of carbonyl (C=O) groups is 2. The third kappa shape index (κ3) is 1.57. The predicted octanol–water partition coefficient (Wildman–Crippen LogP) is -0.0925. The normalized spacial score (nSPS) is 19.0. The van der Waals surface area contributed by atoms with Crippen LogP contribution in [0.15, 0.2) is 0 Å². The van der Waals surface area contributed by atoms with Crippen LogP contribution in [0, 0.1) is 0 Å². The highest BCUT2D eigenvalue weighted by Crippen LogP contribution is 2.40. The maximum absolute atomic E-state index is 10.9. The quantitative estimate of drug-likeness (QED) is 0.423. The number of rotatable bonds is 4. The van der Waals surface area contributed by atoms with Gasteiger partial charge in [-0.1, -0.05) is 0 Å². The average molecular weight is 158 g/mol. The Hall–Kier alpha value is -0.900. The topological polar surface area (TPSA) is 52.6 Å². The lowest BCUT2D eigenvalue weighted by Gasteiger charge is -2.10. The molecule has 11 heavy (non-hydrogen) atoms. The number of hydrogen-bond acceptors (Lipinski definition) is 4. The molecule has 1 rings (SSSR count). The first-order valence-electron chi connectivity index (χ1n) is 3.41. The van der Waals surface area contributed by atoms with E-state index in [1.165, 1.54) is 7.11 Å². The van der Waals surface area contributed by atoms with Crippen molar-refractivity contribution in [2.24, 2.45) is 0 Å². The number of esters is 1. The van der Waals surface area contributed by atoms with Crippen molar-refractivity contribution in [3.63, 3.8) is 0 Å². The summed E-state index contributed by atoms with van der Waals surface area (Å²) in [7, 11) is 1.31. The zero-order valence-electron chi connectivity index (χ0n) is 6.33. The zero-order valence-corrected chi connectivity index (χ0v) is 6.33. The van der Waals surface area contributed by atoms with Gasteiger partial charge in [-0.3, -0.25) is 0 Å². The van der Waals surface area contributed by atoms with Crippen molar-refractivity contribution >= 4 is 12.3 Å². The van der Waals surface area contributed by atoms with E-state index in [1.54, 1.807) is 0 Å². The second kappa shape index (κ2) is 3.00. The molecular weight excluding hydrogens is 148 g/mol. The summed E-state index contributed by atoms with van der Waals surface area (Å²) in [6.45, 7) is -0.0326. The van der Waals surface area contributed by atoms with Gasteiger partial charge in [0.15, 0.2) is 5.60 Å². The molecule has 0 atom stereocenters. The Kier molecular flexibility index (Phi) is 2.24. The monoisotopic (exact) mass is 158 g/mol. The average Bonchev–Trinajstić information content (AvgIpc) is 2.80. The summed E-state index contributed by atoms with van der Waals surface area (Å²) < 4.78 is 9.49. The van der Waals surface area contributed by atoms with Gasteiger partial charge in [-0.15, -0.1) is 0 Å². The van der Waals surface area contributed by atoms with Crippen LogP contribution in [0.1, 0.15) is 12.8 Å². The van der Waals surface area contributed by atoms with E-state index in [0.717, 1.165) is 0 Å². The lowest BCUT2D eigenvalue weighted by Crippen LogP contribution is -2.28. The van der Waals surface area contributed by atoms with Crippen molar-refractivity contribution in [1.82, 2.24) is 0 Å². The Bertz CT molecular complexity index is 171. The number of aldehydes is 1. The molecule has 1 fully saturated rings. The van der Waals surface area contributed by atoms with Gasteiger partial charge in [0.05, 0.1) is 7.11 Å². The van der Waals surface area contributed by atoms with Crippen LogP contribution in [-0.4, -0.2) is 31.6 Å². The van der Waals surface area contributed by atoms with E-state index in [9.17, 15) is 9.59 Å². The summed E-state index contributed by atoms with van der Waals surface area (Å²) in [5, 5.41) is 0. The molecule has 0 amide bonds. The zero-order chi connectivity index (χ0) is 8.32. The van der Waals surface area contributed by atoms with Crippen LogP contribution in [0.25, 0.3) is 0 Å². The highest BCUT2D eigenvalue weighted by atomic mass is 16.6. The molecule has 4 nitrogen and oxygen atoms in total. The number of hydrogen-bond donors (Lipinski definition) is 0. The Morgan fingerprint density at radius 3 is 2.64 bits per heavy atom. The SMILES string of the molecule is COC(=O)C1(OCC=O)CC1. The Balaban J connectivity index is 2.40. The molecule has 4 heteroatoms. The van der Waals surface area contributed by atoms with E-state index >= 15 is 0 Å². The van der Waals surface area contributed by atoms with Gasteiger partial charge in [0.25, 0.3) is 0 Å². The summed E-state index contributed by atoms with van der Waals surface area (Å²) in [4.78, 5) is 20.9. The van der Waals surface area contributed by atoms with Crippen LogP contribution < -0.4 is 0 Å². The molecule has 0 heterocycles. The summed E-state index contributed by atoms with van der Waals surface area (Å²) in [6, 6.07) is 0. The maximum Gasteiger partial charge on any atom is 0.338 e. The van der Waals surface area contributed by atoms with Crippen LogP contribution in [0.2, 0.25) is 0 Å². The lowest BCUT2D eigenvalue weighted by molar-refractivity contribution is -0.157. The van der Waals surface area contributed by atoms with Crippen LogP contribution in [0.3, 0.4) is 0 Å². The fourth-order valence-corrected chi connectivity index (χ4v) is 0.900. The molecule has 1 aliphatic carbocycles. The Morgan fingerprint density at radius 2 is 2.27 bits per heavy atom. The highest BCUT2D eigenvalue weighted by Gasteiger charge is 2.52. The van der Waals surface area contributed by atoms with Crippen LogP contribution in [0.5, 0.6) is 0 Å². The van der Waals surface area contributed by atoms with Crippen molar-refractivity contribution < 1.29 is 19.1 Å². The third-order valence-electron chi connectivity index (χ3n) is 1.69. The fraction of sp³-hybridized carbons (Fsp3) is 0.714. The van der Waals surface area contributed by atoms with Crippen molar-refractivity contribution in [3.05, 3.63) is 0 Å². The number of carbonyl (C=O) groups excluding carboxylic acids is 2. The van der Waals surface area contributed by atoms with Gasteiger partial charge in [0.1, 0.15) is 12.9 Å². The Morgan fingerprint density at radius 1 is 1.64 bits per heavy atom. The minimum absolute atomic E-state index is 0.0326. The summed E-state index contributed by atoms with van der Waals surface area (Å²) in [5.74, 6) is -0.376. The number of ether oxygens (including phenoxy) is 2. The second-order valence-corrected chi connectivity index (χ2v) is 2.46. The molecule has 0 aromatic rings. The molecule has 62 valence electrons. The molecule has 1 saturated carbocycles. The first-order valence-corrected chi connectivity index (χ1v) is 3.41. The molecule has 0 spiro atoms. The second-order valence-electron chi connectivity index (χ2n) is 2.46. The van der Waals surface area contributed by atoms with Crippen molar-refractivity contribution in [1.29, 1.82) is 0 Å². The van der Waals surface area contributed by atoms with Gasteiger partial charge in [0, 0.05) is 0 Å². The van der Waals surface area contributed by atoms with E-state index in [1.807, 2.05) is 0 Å². The predicted molar refractivity (Wildman–Crippen MR) is 36.0 cm³/mol. The smallest absolute Gasteiger partial charge is 0.338 e. The standard InChI is InChI=1S/C7H10O4/c1-10-6(9)7(2-3-7)11-5-4-8/h4H,2-3,5H2,1H3. The molecule has 1 aliphatic rings. The highest BCUT2D eigenvalue weighted by molar-refractivity contribution is 5.82. The van der Waals surface area contributed by atoms with Crippen LogP contribution >= 0.6 is 0 Å². The molecule has 0 saturated heterocycles. The molecule has 0 aliphatic heterocycles. The van der Waals surface area contributed by atoms with E-state index in [2.05, 4.69) is 4.74 Å². The molecule has 0 N–H and O–H groups in total. The minimum Gasteiger partial charge on any atom is -0.467 e. The van der Waals surface area contributed by atoms with Gasteiger partial charge in [0.2, 0.25) is 0 Å². The van der Waals surface area contributed by atoms with Crippen molar-refractivity contribution in [2.75, 3.05) is 13.7 Å². The molecule has 0 aromatic heterocycles. The fourth-order valence-electron chi connectivity index (χ4n) is 0.900. The van der Waals surface area contributed by atoms with E-state index in [4.69, 9.17) is 4.74 Å². The van der Waals surface area contributed by atoms with Crippen LogP contribution in [-0.2, 0) is 19.1 Å². The van der Waals surface area contributed by atoms with Gasteiger partial charge >= 0.3 is 5.97 Å². The Labute approximate surface area is 64.5 Å². The molecule has 0 bridgehead atoms. The first kappa shape index (κ1) is 8.20. The van der Waals surface area contributed by atoms with Crippen molar-refractivity contribution in [2.45, 2.75) is 18.4 Å². The summed E-state index contributed by atoms with van der Waals surface area (Å²) in [6.07, 6.45) is 1.95. The third-order valence-corrected chi connectivity index (χ3v) is 1.69. The van der Waals surface area contributed by atoms with E-state index < -0.39 is 5.60 Å². The summed E-state index contributed by atoms with van der Waals surface area (Å²) >= 11 is 0. The molecule has 0 aromatic carbocycles. The van der Waals surface area contributed by atoms with Crippen molar-refractivity contribution in [3.8, 4) is 0 Å². The largest absolute Gasteiger partial charge is 0.467 e. The van der Waals surface area contributed by atoms with Gasteiger partial charge in [-0.05, 0) is 12.8 Å². The van der Waals surface area contributed by atoms with Crippen LogP contribution in [0.4, 0.5) is 0 Å².